The van der Waals surface area contributed by atoms with Gasteiger partial charge in [-0.3, -0.25) is 4.79 Å². The molecule has 31 heavy (non-hydrogen) atoms. The van der Waals surface area contributed by atoms with Crippen LogP contribution in [0.2, 0.25) is 0 Å². The normalized spacial score (nSPS) is 16.5. The third-order valence-electron chi connectivity index (χ3n) is 5.06. The molecule has 1 N–H and O–H groups in total. The molecule has 0 radical (unpaired) electrons. The van der Waals surface area contributed by atoms with Crippen molar-refractivity contribution < 1.29 is 31.1 Å². The molecule has 0 unspecified atom stereocenters. The van der Waals surface area contributed by atoms with Crippen LogP contribution >= 0.6 is 11.3 Å². The Hall–Kier alpha value is -2.85. The van der Waals surface area contributed by atoms with E-state index in [0.717, 1.165) is 17.4 Å². The zero-order chi connectivity index (χ0) is 22.4. The van der Waals surface area contributed by atoms with Gasteiger partial charge in [0.1, 0.15) is 10.6 Å². The van der Waals surface area contributed by atoms with Crippen molar-refractivity contribution in [3.8, 4) is 5.75 Å². The number of hydrogen-bond acceptors (Lipinski definition) is 5. The van der Waals surface area contributed by atoms with Gasteiger partial charge in [0.25, 0.3) is 0 Å². The van der Waals surface area contributed by atoms with Crippen molar-refractivity contribution in [3.05, 3.63) is 69.9 Å². The van der Waals surface area contributed by atoms with Crippen LogP contribution in [-0.4, -0.2) is 21.4 Å². The van der Waals surface area contributed by atoms with Crippen LogP contribution in [0.15, 0.2) is 63.7 Å². The summed E-state index contributed by atoms with van der Waals surface area (Å²) >= 11 is 1.02. The fourth-order valence-corrected chi connectivity index (χ4v) is 6.49. The number of alkyl halides is 3. The maximum atomic E-state index is 13.6. The van der Waals surface area contributed by atoms with Crippen LogP contribution in [-0.2, 0) is 20.8 Å². The summed E-state index contributed by atoms with van der Waals surface area (Å²) in [6, 6.07) is 10.8. The van der Waals surface area contributed by atoms with Crippen LogP contribution in [0.25, 0.3) is 0 Å². The van der Waals surface area contributed by atoms with Crippen molar-refractivity contribution in [2.75, 3.05) is 12.4 Å². The highest BCUT2D eigenvalue weighted by Gasteiger charge is 2.40. The van der Waals surface area contributed by atoms with Crippen LogP contribution in [0.5, 0.6) is 5.75 Å². The van der Waals surface area contributed by atoms with Crippen molar-refractivity contribution >= 4 is 32.8 Å². The van der Waals surface area contributed by atoms with Crippen molar-refractivity contribution in [3.63, 3.8) is 0 Å². The minimum atomic E-state index is -4.60. The Bertz CT molecular complexity index is 1250. The van der Waals surface area contributed by atoms with Gasteiger partial charge in [0.2, 0.25) is 15.7 Å². The summed E-state index contributed by atoms with van der Waals surface area (Å²) in [5.74, 6) is -0.964. The van der Waals surface area contributed by atoms with Crippen LogP contribution < -0.4 is 10.1 Å². The van der Waals surface area contributed by atoms with E-state index in [2.05, 4.69) is 5.32 Å². The first kappa shape index (κ1) is 21.4. The fraction of sp³-hybridized carbons (Fsp3) is 0.190. The summed E-state index contributed by atoms with van der Waals surface area (Å²) < 4.78 is 72.0. The first-order valence-electron chi connectivity index (χ1n) is 9.09. The predicted octanol–water partition coefficient (Wildman–Crippen LogP) is 5.08. The molecule has 162 valence electrons. The monoisotopic (exact) mass is 467 g/mol. The number of nitrogens with one attached hydrogen (secondary N) is 1. The highest BCUT2D eigenvalue weighted by Crippen LogP contribution is 2.48. The zero-order valence-corrected chi connectivity index (χ0v) is 17.7. The van der Waals surface area contributed by atoms with Gasteiger partial charge in [-0.05, 0) is 35.9 Å². The number of methoxy groups -OCH3 is 1. The Labute approximate surface area is 180 Å². The number of carbonyl (C=O) groups excluding carboxylic acids is 1. The summed E-state index contributed by atoms with van der Waals surface area (Å²) in [7, 11) is -2.56. The molecule has 0 saturated heterocycles. The minimum absolute atomic E-state index is 0.0130. The number of rotatable bonds is 4. The second-order valence-corrected chi connectivity index (χ2v) is 9.74. The molecular formula is C21H16F3NO4S2. The molecule has 1 aliphatic rings. The number of halogens is 3. The van der Waals surface area contributed by atoms with Gasteiger partial charge in [-0.2, -0.15) is 13.2 Å². The zero-order valence-electron chi connectivity index (χ0n) is 16.1. The van der Waals surface area contributed by atoms with Crippen molar-refractivity contribution in [2.45, 2.75) is 28.3 Å². The summed E-state index contributed by atoms with van der Waals surface area (Å²) in [6.07, 6.45) is -4.80. The third kappa shape index (κ3) is 3.81. The lowest BCUT2D eigenvalue weighted by atomic mass is 9.87. The number of ether oxygens (including phenoxy) is 1. The van der Waals surface area contributed by atoms with Crippen LogP contribution in [0.1, 0.15) is 28.3 Å². The SMILES string of the molecule is COc1ccc(S(=O)(=O)c2csc3c2NC(=O)C[C@@H]3c2ccccc2C(F)(F)F)cc1. The highest BCUT2D eigenvalue weighted by molar-refractivity contribution is 7.91. The van der Waals surface area contributed by atoms with E-state index in [1.54, 1.807) is 0 Å². The molecule has 2 heterocycles. The average molecular weight is 467 g/mol. The number of hydrogen-bond donors (Lipinski definition) is 1. The standard InChI is InChI=1S/C21H16F3NO4S2/c1-29-12-6-8-13(9-7-12)31(27,28)17-11-30-20-15(10-18(26)25-19(17)20)14-4-2-3-5-16(14)21(22,23)24/h2-9,11,15H,10H2,1H3,(H,25,26)/t15-/m1/s1. The second kappa shape index (κ2) is 7.69. The largest absolute Gasteiger partial charge is 0.497 e. The predicted molar refractivity (Wildman–Crippen MR) is 109 cm³/mol. The molecular weight excluding hydrogens is 451 g/mol. The van der Waals surface area contributed by atoms with E-state index in [1.165, 1.54) is 55.0 Å². The highest BCUT2D eigenvalue weighted by atomic mass is 32.2. The van der Waals surface area contributed by atoms with Gasteiger partial charge in [-0.25, -0.2) is 8.42 Å². The van der Waals surface area contributed by atoms with Crippen LogP contribution in [0.3, 0.4) is 0 Å². The van der Waals surface area contributed by atoms with Crippen molar-refractivity contribution in [2.24, 2.45) is 0 Å². The van der Waals surface area contributed by atoms with Crippen molar-refractivity contribution in [1.29, 1.82) is 0 Å². The van der Waals surface area contributed by atoms with E-state index in [1.807, 2.05) is 0 Å². The Morgan fingerprint density at radius 3 is 2.42 bits per heavy atom. The third-order valence-corrected chi connectivity index (χ3v) is 8.10. The maximum absolute atomic E-state index is 13.6. The maximum Gasteiger partial charge on any atom is 0.416 e. The number of thiophene rings is 1. The number of fused-ring (bicyclic) bond motifs is 1. The summed E-state index contributed by atoms with van der Waals surface area (Å²) in [6.45, 7) is 0. The molecule has 2 aromatic carbocycles. The Balaban J connectivity index is 1.83. The molecule has 3 aromatic rings. The van der Waals surface area contributed by atoms with E-state index in [0.29, 0.717) is 10.6 Å². The van der Waals surface area contributed by atoms with Gasteiger partial charge in [0.05, 0.1) is 23.3 Å². The number of sulfone groups is 1. The molecule has 1 amide bonds. The number of anilines is 1. The Kier molecular flexibility index (Phi) is 5.30. The molecule has 1 atom stereocenters. The lowest BCUT2D eigenvalue weighted by Crippen LogP contribution is -2.25. The van der Waals surface area contributed by atoms with Gasteiger partial charge in [0.15, 0.2) is 0 Å². The number of amides is 1. The van der Waals surface area contributed by atoms with E-state index in [9.17, 15) is 26.4 Å². The van der Waals surface area contributed by atoms with Gasteiger partial charge >= 0.3 is 6.18 Å². The molecule has 0 saturated carbocycles. The summed E-state index contributed by atoms with van der Waals surface area (Å²) in [5, 5.41) is 3.91. The summed E-state index contributed by atoms with van der Waals surface area (Å²) in [5.41, 5.74) is -0.853. The fourth-order valence-electron chi connectivity index (χ4n) is 3.59. The first-order chi connectivity index (χ1) is 14.6. The van der Waals surface area contributed by atoms with Gasteiger partial charge in [-0.1, -0.05) is 18.2 Å². The molecule has 0 aliphatic carbocycles. The molecule has 0 spiro atoms. The first-order valence-corrected chi connectivity index (χ1v) is 11.5. The number of carbonyl (C=O) groups is 1. The van der Waals surface area contributed by atoms with Crippen LogP contribution in [0.4, 0.5) is 18.9 Å². The molecule has 10 heteroatoms. The topological polar surface area (TPSA) is 72.5 Å². The molecule has 1 aromatic heterocycles. The Morgan fingerprint density at radius 2 is 1.77 bits per heavy atom. The van der Waals surface area contributed by atoms with Gasteiger partial charge in [-0.15, -0.1) is 11.3 Å². The second-order valence-electron chi connectivity index (χ2n) is 6.91. The van der Waals surface area contributed by atoms with E-state index >= 15 is 0 Å². The molecule has 0 bridgehead atoms. The van der Waals surface area contributed by atoms with E-state index in [-0.39, 0.29) is 27.5 Å². The lowest BCUT2D eigenvalue weighted by Gasteiger charge is -2.26. The van der Waals surface area contributed by atoms with Crippen LogP contribution in [0, 0.1) is 0 Å². The summed E-state index contributed by atoms with van der Waals surface area (Å²) in [4.78, 5) is 12.6. The Morgan fingerprint density at radius 1 is 1.10 bits per heavy atom. The van der Waals surface area contributed by atoms with E-state index < -0.39 is 33.4 Å². The minimum Gasteiger partial charge on any atom is -0.497 e. The van der Waals surface area contributed by atoms with Gasteiger partial charge < -0.3 is 10.1 Å². The molecule has 1 aliphatic heterocycles. The van der Waals surface area contributed by atoms with Crippen molar-refractivity contribution in [1.82, 2.24) is 0 Å². The van der Waals surface area contributed by atoms with E-state index in [4.69, 9.17) is 4.74 Å². The lowest BCUT2D eigenvalue weighted by molar-refractivity contribution is -0.138. The smallest absolute Gasteiger partial charge is 0.416 e. The average Bonchev–Trinajstić information content (AvgIpc) is 3.17. The quantitative estimate of drug-likeness (QED) is 0.581. The molecule has 4 rings (SSSR count). The molecule has 5 nitrogen and oxygen atoms in total. The number of benzene rings is 2. The molecule has 0 fully saturated rings. The van der Waals surface area contributed by atoms with Gasteiger partial charge in [0, 0.05) is 22.6 Å².